The van der Waals surface area contributed by atoms with Gasteiger partial charge in [-0.3, -0.25) is 14.6 Å². The Labute approximate surface area is 135 Å². The molecule has 1 saturated heterocycles. The molecular weight excluding hydrogens is 290 g/mol. The van der Waals surface area contributed by atoms with E-state index >= 15 is 0 Å². The Balaban J connectivity index is 1.73. The molecule has 23 heavy (non-hydrogen) atoms. The Hall–Kier alpha value is -2.69. The molecule has 0 spiro atoms. The van der Waals surface area contributed by atoms with Gasteiger partial charge in [0, 0.05) is 42.0 Å². The van der Waals surface area contributed by atoms with Crippen LogP contribution in [-0.2, 0) is 0 Å². The first-order chi connectivity index (χ1) is 11.1. The Morgan fingerprint density at radius 3 is 2.48 bits per heavy atom. The summed E-state index contributed by atoms with van der Waals surface area (Å²) in [6.07, 6.45) is 3.80. The summed E-state index contributed by atoms with van der Waals surface area (Å²) in [5, 5.41) is 0. The molecule has 1 aliphatic rings. The fraction of sp³-hybridized carbons (Fsp3) is 0.278. The third-order valence-electron chi connectivity index (χ3n) is 4.23. The zero-order chi connectivity index (χ0) is 16.2. The van der Waals surface area contributed by atoms with E-state index in [9.17, 15) is 9.59 Å². The molecule has 1 aliphatic heterocycles. The SMILES string of the molecule is NC(=O)c1ccc(C(=O)N2CCCC(c3ccccn3)C2)cc1. The van der Waals surface area contributed by atoms with Crippen molar-refractivity contribution in [3.63, 3.8) is 0 Å². The van der Waals surface area contributed by atoms with E-state index in [-0.39, 0.29) is 11.8 Å². The average molecular weight is 309 g/mol. The van der Waals surface area contributed by atoms with Gasteiger partial charge >= 0.3 is 0 Å². The van der Waals surface area contributed by atoms with Crippen molar-refractivity contribution in [2.45, 2.75) is 18.8 Å². The van der Waals surface area contributed by atoms with Crippen molar-refractivity contribution < 1.29 is 9.59 Å². The van der Waals surface area contributed by atoms with Crippen LogP contribution in [0.3, 0.4) is 0 Å². The molecule has 2 heterocycles. The third kappa shape index (κ3) is 3.39. The van der Waals surface area contributed by atoms with E-state index in [0.717, 1.165) is 25.1 Å². The molecule has 2 amide bonds. The number of carbonyl (C=O) groups is 2. The van der Waals surface area contributed by atoms with Gasteiger partial charge in [0.15, 0.2) is 0 Å². The van der Waals surface area contributed by atoms with E-state index in [0.29, 0.717) is 17.7 Å². The van der Waals surface area contributed by atoms with Gasteiger partial charge in [-0.25, -0.2) is 0 Å². The molecule has 1 aromatic heterocycles. The van der Waals surface area contributed by atoms with E-state index in [1.165, 1.54) is 0 Å². The van der Waals surface area contributed by atoms with Gasteiger partial charge in [0.1, 0.15) is 0 Å². The highest BCUT2D eigenvalue weighted by Gasteiger charge is 2.26. The van der Waals surface area contributed by atoms with Crippen molar-refractivity contribution in [3.8, 4) is 0 Å². The Morgan fingerprint density at radius 2 is 1.83 bits per heavy atom. The van der Waals surface area contributed by atoms with Crippen LogP contribution in [0, 0.1) is 0 Å². The van der Waals surface area contributed by atoms with Gasteiger partial charge in [-0.2, -0.15) is 0 Å². The van der Waals surface area contributed by atoms with E-state index in [1.807, 2.05) is 23.1 Å². The Kier molecular flexibility index (Phi) is 4.37. The number of primary amides is 1. The summed E-state index contributed by atoms with van der Waals surface area (Å²) in [5.74, 6) is -0.224. The summed E-state index contributed by atoms with van der Waals surface area (Å²) in [6, 6.07) is 12.4. The number of amides is 2. The van der Waals surface area contributed by atoms with Crippen LogP contribution in [-0.4, -0.2) is 34.8 Å². The minimum atomic E-state index is -0.489. The number of hydrogen-bond donors (Lipinski definition) is 1. The number of nitrogens with zero attached hydrogens (tertiary/aromatic N) is 2. The number of aromatic nitrogens is 1. The van der Waals surface area contributed by atoms with Crippen LogP contribution in [0.5, 0.6) is 0 Å². The molecule has 2 aromatic rings. The Morgan fingerprint density at radius 1 is 1.09 bits per heavy atom. The largest absolute Gasteiger partial charge is 0.366 e. The predicted molar refractivity (Wildman–Crippen MR) is 87.1 cm³/mol. The highest BCUT2D eigenvalue weighted by Crippen LogP contribution is 2.26. The molecule has 0 bridgehead atoms. The van der Waals surface area contributed by atoms with E-state index < -0.39 is 5.91 Å². The summed E-state index contributed by atoms with van der Waals surface area (Å²) in [6.45, 7) is 1.42. The maximum atomic E-state index is 12.6. The molecule has 1 atom stereocenters. The molecule has 0 saturated carbocycles. The molecule has 3 rings (SSSR count). The van der Waals surface area contributed by atoms with Gasteiger partial charge in [-0.05, 0) is 49.2 Å². The molecule has 0 radical (unpaired) electrons. The van der Waals surface area contributed by atoms with Gasteiger partial charge in [0.05, 0.1) is 0 Å². The van der Waals surface area contributed by atoms with Gasteiger partial charge < -0.3 is 10.6 Å². The number of pyridine rings is 1. The lowest BCUT2D eigenvalue weighted by molar-refractivity contribution is 0.0705. The van der Waals surface area contributed by atoms with Gasteiger partial charge in [-0.1, -0.05) is 6.07 Å². The zero-order valence-corrected chi connectivity index (χ0v) is 12.8. The van der Waals surface area contributed by atoms with Crippen LogP contribution in [0.2, 0.25) is 0 Å². The second kappa shape index (κ2) is 6.60. The maximum absolute atomic E-state index is 12.6. The third-order valence-corrected chi connectivity index (χ3v) is 4.23. The van der Waals surface area contributed by atoms with Crippen molar-refractivity contribution in [2.24, 2.45) is 5.73 Å². The second-order valence-electron chi connectivity index (χ2n) is 5.79. The molecule has 5 nitrogen and oxygen atoms in total. The van der Waals surface area contributed by atoms with Crippen molar-refractivity contribution >= 4 is 11.8 Å². The monoisotopic (exact) mass is 309 g/mol. The first kappa shape index (κ1) is 15.2. The summed E-state index contributed by atoms with van der Waals surface area (Å²) in [7, 11) is 0. The molecule has 1 unspecified atom stereocenters. The smallest absolute Gasteiger partial charge is 0.253 e. The van der Waals surface area contributed by atoms with Crippen LogP contribution >= 0.6 is 0 Å². The van der Waals surface area contributed by atoms with Crippen molar-refractivity contribution in [2.75, 3.05) is 13.1 Å². The lowest BCUT2D eigenvalue weighted by Crippen LogP contribution is -2.39. The number of rotatable bonds is 3. The first-order valence-corrected chi connectivity index (χ1v) is 7.75. The van der Waals surface area contributed by atoms with Crippen LogP contribution in [0.15, 0.2) is 48.7 Å². The van der Waals surface area contributed by atoms with E-state index in [2.05, 4.69) is 4.98 Å². The number of carbonyl (C=O) groups excluding carboxylic acids is 2. The van der Waals surface area contributed by atoms with Crippen molar-refractivity contribution in [1.82, 2.24) is 9.88 Å². The van der Waals surface area contributed by atoms with Crippen LogP contribution in [0.1, 0.15) is 45.2 Å². The molecule has 0 aliphatic carbocycles. The lowest BCUT2D eigenvalue weighted by atomic mass is 9.94. The van der Waals surface area contributed by atoms with E-state index in [4.69, 9.17) is 5.73 Å². The fourth-order valence-electron chi connectivity index (χ4n) is 2.98. The number of piperidine rings is 1. The highest BCUT2D eigenvalue weighted by molar-refractivity contribution is 5.97. The number of hydrogen-bond acceptors (Lipinski definition) is 3. The second-order valence-corrected chi connectivity index (χ2v) is 5.79. The van der Waals surface area contributed by atoms with Gasteiger partial charge in [0.25, 0.3) is 5.91 Å². The van der Waals surface area contributed by atoms with Crippen LogP contribution < -0.4 is 5.73 Å². The van der Waals surface area contributed by atoms with Crippen molar-refractivity contribution in [1.29, 1.82) is 0 Å². The topological polar surface area (TPSA) is 76.3 Å². The molecule has 5 heteroatoms. The molecule has 1 aromatic carbocycles. The first-order valence-electron chi connectivity index (χ1n) is 7.75. The average Bonchev–Trinajstić information content (AvgIpc) is 2.62. The molecular formula is C18H19N3O2. The normalized spacial score (nSPS) is 17.7. The van der Waals surface area contributed by atoms with Crippen molar-refractivity contribution in [3.05, 3.63) is 65.5 Å². The fourth-order valence-corrected chi connectivity index (χ4v) is 2.98. The zero-order valence-electron chi connectivity index (χ0n) is 12.8. The molecule has 2 N–H and O–H groups in total. The quantitative estimate of drug-likeness (QED) is 0.944. The summed E-state index contributed by atoms with van der Waals surface area (Å²) in [5.41, 5.74) is 7.25. The summed E-state index contributed by atoms with van der Waals surface area (Å²) >= 11 is 0. The number of nitrogens with two attached hydrogens (primary N) is 1. The minimum absolute atomic E-state index is 0.0124. The van der Waals surface area contributed by atoms with Crippen LogP contribution in [0.25, 0.3) is 0 Å². The Bertz CT molecular complexity index is 698. The highest BCUT2D eigenvalue weighted by atomic mass is 16.2. The van der Waals surface area contributed by atoms with Gasteiger partial charge in [0.2, 0.25) is 5.91 Å². The predicted octanol–water partition coefficient (Wildman–Crippen LogP) is 2.20. The van der Waals surface area contributed by atoms with E-state index in [1.54, 1.807) is 30.5 Å². The lowest BCUT2D eigenvalue weighted by Gasteiger charge is -2.32. The van der Waals surface area contributed by atoms with Crippen LogP contribution in [0.4, 0.5) is 0 Å². The number of benzene rings is 1. The molecule has 1 fully saturated rings. The number of likely N-dealkylation sites (tertiary alicyclic amines) is 1. The standard InChI is InChI=1S/C18H19N3O2/c19-17(22)13-6-8-14(9-7-13)18(23)21-11-3-4-15(12-21)16-5-1-2-10-20-16/h1-2,5-10,15H,3-4,11-12H2,(H2,19,22). The minimum Gasteiger partial charge on any atom is -0.366 e. The summed E-state index contributed by atoms with van der Waals surface area (Å²) < 4.78 is 0. The summed E-state index contributed by atoms with van der Waals surface area (Å²) in [4.78, 5) is 30.0. The van der Waals surface area contributed by atoms with Gasteiger partial charge in [-0.15, -0.1) is 0 Å². The molecule has 118 valence electrons. The maximum Gasteiger partial charge on any atom is 0.253 e.